The van der Waals surface area contributed by atoms with E-state index in [1.165, 1.54) is 6.42 Å². The minimum Gasteiger partial charge on any atom is -0.392 e. The van der Waals surface area contributed by atoms with Crippen molar-refractivity contribution >= 4 is 0 Å². The van der Waals surface area contributed by atoms with E-state index in [0.29, 0.717) is 31.1 Å². The predicted molar refractivity (Wildman–Crippen MR) is 172 cm³/mol. The van der Waals surface area contributed by atoms with E-state index >= 15 is 0 Å². The molecule has 5 nitrogen and oxygen atoms in total. The third kappa shape index (κ3) is 8.84. The van der Waals surface area contributed by atoms with Gasteiger partial charge < -0.3 is 14.9 Å². The Labute approximate surface area is 308 Å². The maximum Gasteiger partial charge on any atom is 0.426 e. The molecule has 6 bridgehead atoms. The summed E-state index contributed by atoms with van der Waals surface area (Å²) in [7, 11) is 0. The van der Waals surface area contributed by atoms with E-state index < -0.39 is 96.1 Å². The maximum atomic E-state index is 13.1. The lowest BCUT2D eigenvalue weighted by Crippen LogP contribution is -2.58. The van der Waals surface area contributed by atoms with Crippen LogP contribution in [0.25, 0.3) is 0 Å². The first-order valence-corrected chi connectivity index (χ1v) is 19.0. The molecule has 0 amide bonds. The van der Waals surface area contributed by atoms with Crippen LogP contribution in [-0.4, -0.2) is 70.7 Å². The van der Waals surface area contributed by atoms with E-state index in [-0.39, 0.29) is 18.3 Å². The second-order valence-electron chi connectivity index (χ2n) is 18.6. The summed E-state index contributed by atoms with van der Waals surface area (Å²) in [6, 6.07) is 0. The molecule has 6 fully saturated rings. The normalized spacial score (nSPS) is 36.0. The van der Waals surface area contributed by atoms with Crippen LogP contribution in [0.15, 0.2) is 0 Å². The summed E-state index contributed by atoms with van der Waals surface area (Å²) in [5.74, 6) is -0.484. The molecule has 0 aliphatic heterocycles. The van der Waals surface area contributed by atoms with Gasteiger partial charge in [0, 0.05) is 5.92 Å². The number of aliphatic hydroxyl groups excluding tert-OH is 1. The van der Waals surface area contributed by atoms with Gasteiger partial charge in [-0.15, -0.1) is 0 Å². The Morgan fingerprint density at radius 1 is 0.722 bits per heavy atom. The molecule has 7 unspecified atom stereocenters. The number of rotatable bonds is 12. The Hall–Kier alpha value is -1.04. The molecule has 0 heterocycles. The van der Waals surface area contributed by atoms with Crippen molar-refractivity contribution in [1.29, 1.82) is 0 Å². The zero-order chi connectivity index (χ0) is 41.3. The molecule has 0 aromatic carbocycles. The Morgan fingerprint density at radius 2 is 1.20 bits per heavy atom. The first-order chi connectivity index (χ1) is 24.4. The van der Waals surface area contributed by atoms with Crippen molar-refractivity contribution in [2.24, 2.45) is 63.6 Å². The molecule has 0 radical (unpaired) electrons. The first-order valence-electron chi connectivity index (χ1n) is 19.0. The van der Waals surface area contributed by atoms with Crippen LogP contribution in [0.3, 0.4) is 0 Å². The molecule has 0 aromatic rings. The second-order valence-corrected chi connectivity index (χ2v) is 18.6. The highest BCUT2D eigenvalue weighted by atomic mass is 19.4. The van der Waals surface area contributed by atoms with Crippen LogP contribution >= 0.6 is 0 Å². The SMILES string of the molecule is CCC(C)(C)C(OO)C1C(O)C2CC(CC(O)(C(F)(F)F)C(F)(F)F)C1C2.CCC(C)(COC(C(F)(F)F)C(F)(F)F)CC1(C)C2CC3CC(C2)CC1C3. The first kappa shape index (κ1) is 45.7. The second kappa shape index (κ2) is 15.3. The van der Waals surface area contributed by atoms with Gasteiger partial charge in [-0.2, -0.15) is 52.7 Å². The van der Waals surface area contributed by atoms with Crippen molar-refractivity contribution in [3.8, 4) is 0 Å². The number of fused-ring (bicyclic) bond motifs is 2. The van der Waals surface area contributed by atoms with Gasteiger partial charge in [0.15, 0.2) is 0 Å². The van der Waals surface area contributed by atoms with Crippen LogP contribution < -0.4 is 0 Å². The average molecular weight is 809 g/mol. The number of alkyl halides is 12. The van der Waals surface area contributed by atoms with Gasteiger partial charge in [0.05, 0.1) is 12.7 Å². The number of aliphatic hydroxyl groups is 2. The average Bonchev–Trinajstić information content (AvgIpc) is 3.56. The van der Waals surface area contributed by atoms with Crippen molar-refractivity contribution in [2.75, 3.05) is 6.61 Å². The molecule has 7 atom stereocenters. The van der Waals surface area contributed by atoms with Crippen molar-refractivity contribution in [3.63, 3.8) is 0 Å². The predicted octanol–water partition coefficient (Wildman–Crippen LogP) is 10.9. The Bertz CT molecular complexity index is 1210. The zero-order valence-corrected chi connectivity index (χ0v) is 31.5. The topological polar surface area (TPSA) is 79.2 Å². The van der Waals surface area contributed by atoms with Crippen LogP contribution in [-0.2, 0) is 9.62 Å². The molecule has 0 spiro atoms. The lowest BCUT2D eigenvalue weighted by Gasteiger charge is -2.62. The van der Waals surface area contributed by atoms with E-state index in [2.05, 4.69) is 16.5 Å². The Morgan fingerprint density at radius 3 is 1.57 bits per heavy atom. The molecule has 0 saturated heterocycles. The zero-order valence-electron chi connectivity index (χ0n) is 31.5. The van der Waals surface area contributed by atoms with Crippen LogP contribution in [0.2, 0.25) is 0 Å². The van der Waals surface area contributed by atoms with Crippen LogP contribution in [0.1, 0.15) is 112 Å². The molecule has 17 heteroatoms. The molecule has 3 N–H and O–H groups in total. The Kier molecular flexibility index (Phi) is 12.9. The number of halogens is 12. The maximum absolute atomic E-state index is 13.1. The molecular formula is C37H56F12O5. The molecule has 6 rings (SSSR count). The van der Waals surface area contributed by atoms with Crippen molar-refractivity contribution in [3.05, 3.63) is 0 Å². The molecule has 6 aliphatic carbocycles. The number of hydrogen-bond donors (Lipinski definition) is 3. The summed E-state index contributed by atoms with van der Waals surface area (Å²) in [4.78, 5) is 4.56. The monoisotopic (exact) mass is 808 g/mol. The summed E-state index contributed by atoms with van der Waals surface area (Å²) >= 11 is 0. The lowest BCUT2D eigenvalue weighted by atomic mass is 9.43. The van der Waals surface area contributed by atoms with E-state index in [1.54, 1.807) is 27.7 Å². The highest BCUT2D eigenvalue weighted by Gasteiger charge is 2.72. The van der Waals surface area contributed by atoms with Crippen molar-refractivity contribution < 1.29 is 77.8 Å². The van der Waals surface area contributed by atoms with Gasteiger partial charge in [0.2, 0.25) is 6.10 Å². The third-order valence-corrected chi connectivity index (χ3v) is 14.7. The summed E-state index contributed by atoms with van der Waals surface area (Å²) in [6.45, 7) is 10.6. The van der Waals surface area contributed by atoms with E-state index in [0.717, 1.165) is 37.5 Å². The van der Waals surface area contributed by atoms with Gasteiger partial charge in [0.25, 0.3) is 5.60 Å². The van der Waals surface area contributed by atoms with Gasteiger partial charge in [-0.05, 0) is 128 Å². The molecular weight excluding hydrogens is 752 g/mol. The highest BCUT2D eigenvalue weighted by Crippen LogP contribution is 2.65. The fourth-order valence-corrected chi connectivity index (χ4v) is 11.3. The fraction of sp³-hybridized carbons (Fsp3) is 1.00. The van der Waals surface area contributed by atoms with Crippen molar-refractivity contribution in [1.82, 2.24) is 0 Å². The number of hydrogen-bond acceptors (Lipinski definition) is 5. The van der Waals surface area contributed by atoms with Crippen molar-refractivity contribution in [2.45, 2.75) is 161 Å². The Balaban J connectivity index is 0.000000241. The van der Waals surface area contributed by atoms with Gasteiger partial charge in [-0.25, -0.2) is 4.89 Å². The molecule has 54 heavy (non-hydrogen) atoms. The van der Waals surface area contributed by atoms with Gasteiger partial charge in [-0.1, -0.05) is 41.5 Å². The summed E-state index contributed by atoms with van der Waals surface area (Å²) in [5.41, 5.74) is -6.16. The van der Waals surface area contributed by atoms with Crippen LogP contribution in [0.5, 0.6) is 0 Å². The fourth-order valence-electron chi connectivity index (χ4n) is 11.3. The molecule has 318 valence electrons. The summed E-state index contributed by atoms with van der Waals surface area (Å²) in [6.07, 6.45) is -22.0. The third-order valence-electron chi connectivity index (χ3n) is 14.7. The van der Waals surface area contributed by atoms with Crippen LogP contribution in [0, 0.1) is 63.6 Å². The van der Waals surface area contributed by atoms with Gasteiger partial charge in [0.1, 0.15) is 6.10 Å². The molecule has 6 saturated carbocycles. The van der Waals surface area contributed by atoms with E-state index in [4.69, 9.17) is 0 Å². The molecule has 0 aromatic heterocycles. The van der Waals surface area contributed by atoms with Gasteiger partial charge >= 0.3 is 24.7 Å². The van der Waals surface area contributed by atoms with E-state index in [9.17, 15) is 68.2 Å². The standard InChI is InChI=1S/C20H30F6O.C17H26F6O4/c1-4-17(2,11-27-16(19(21,22)23)20(24,25)26)10-18(3)14-6-12-5-13(8-14)9-15(18)7-12;1-4-14(2,3)13(27-26)11-10-6-8(12(11)24)5-9(10)7-15(25,16(18,19)20)17(21,22)23/h12-16H,4-11H2,1-3H3;8-13,24-26H,4-7H2,1-3H3. The smallest absolute Gasteiger partial charge is 0.392 e. The molecule has 6 aliphatic rings. The minimum absolute atomic E-state index is 0.00645. The minimum atomic E-state index is -5.86. The summed E-state index contributed by atoms with van der Waals surface area (Å²) < 4.78 is 160. The number of ether oxygens (including phenoxy) is 1. The van der Waals surface area contributed by atoms with Crippen LogP contribution in [0.4, 0.5) is 52.7 Å². The quantitative estimate of drug-likeness (QED) is 0.104. The lowest BCUT2D eigenvalue weighted by molar-refractivity contribution is -0.374. The van der Waals surface area contributed by atoms with Gasteiger partial charge in [-0.3, -0.25) is 5.26 Å². The largest absolute Gasteiger partial charge is 0.426 e. The summed E-state index contributed by atoms with van der Waals surface area (Å²) in [5, 5.41) is 29.4. The van der Waals surface area contributed by atoms with E-state index in [1.807, 2.05) is 6.92 Å². The highest BCUT2D eigenvalue weighted by molar-refractivity contribution is 5.09.